The summed E-state index contributed by atoms with van der Waals surface area (Å²) in [5.74, 6) is 0.966. The van der Waals surface area contributed by atoms with E-state index in [1.54, 1.807) is 7.11 Å². The first-order chi connectivity index (χ1) is 20.9. The van der Waals surface area contributed by atoms with Crippen molar-refractivity contribution in [3.05, 3.63) is 61.6 Å². The molecule has 1 amide bonds. The Morgan fingerprint density at radius 1 is 1.05 bits per heavy atom. The second-order valence-corrected chi connectivity index (χ2v) is 11.1. The summed E-state index contributed by atoms with van der Waals surface area (Å²) in [6.45, 7) is 7.24. The van der Waals surface area contributed by atoms with Gasteiger partial charge in [0, 0.05) is 69.5 Å². The van der Waals surface area contributed by atoms with Crippen LogP contribution in [-0.2, 0) is 16.6 Å². The van der Waals surface area contributed by atoms with Gasteiger partial charge in [0.2, 0.25) is 5.91 Å². The van der Waals surface area contributed by atoms with Crippen LogP contribution >= 0.6 is 0 Å². The molecule has 43 heavy (non-hydrogen) atoms. The average Bonchev–Trinajstić information content (AvgIpc) is 3.68. The zero-order chi connectivity index (χ0) is 29.9. The normalized spacial score (nSPS) is 19.0. The van der Waals surface area contributed by atoms with Gasteiger partial charge in [-0.3, -0.25) is 14.4 Å². The van der Waals surface area contributed by atoms with Crippen molar-refractivity contribution < 1.29 is 14.3 Å². The number of hydrogen-bond donors (Lipinski definition) is 2. The lowest BCUT2D eigenvalue weighted by atomic mass is 10.1. The number of ether oxygens (including phenoxy) is 2. The molecule has 2 atom stereocenters. The van der Waals surface area contributed by atoms with Gasteiger partial charge in [-0.05, 0) is 37.5 Å². The first kappa shape index (κ1) is 28.6. The third-order valence-corrected chi connectivity index (χ3v) is 8.60. The van der Waals surface area contributed by atoms with Crippen LogP contribution in [0.4, 0.5) is 22.9 Å². The molecule has 0 spiro atoms. The molecule has 2 N–H and O–H groups in total. The molecule has 2 aromatic heterocycles. The van der Waals surface area contributed by atoms with E-state index in [0.29, 0.717) is 35.1 Å². The summed E-state index contributed by atoms with van der Waals surface area (Å²) in [4.78, 5) is 26.3. The number of piperazine rings is 1. The van der Waals surface area contributed by atoms with Crippen molar-refractivity contribution in [1.29, 1.82) is 0 Å². The Labute approximate surface area is 251 Å². The molecule has 0 bridgehead atoms. The summed E-state index contributed by atoms with van der Waals surface area (Å²) in [6, 6.07) is 12.5. The monoisotopic (exact) mass is 582 g/mol. The van der Waals surface area contributed by atoms with Crippen LogP contribution in [0.1, 0.15) is 19.3 Å². The number of hydrogen-bond acceptors (Lipinski definition) is 9. The predicted molar refractivity (Wildman–Crippen MR) is 169 cm³/mol. The molecule has 2 unspecified atom stereocenters. The Hall–Kier alpha value is -4.48. The quantitative estimate of drug-likeness (QED) is 0.274. The van der Waals surface area contributed by atoms with Crippen molar-refractivity contribution in [1.82, 2.24) is 24.6 Å². The van der Waals surface area contributed by atoms with Crippen LogP contribution in [0, 0.1) is 0 Å². The molecule has 1 aliphatic carbocycles. The number of aryl methyl sites for hydroxylation is 1. The fourth-order valence-electron chi connectivity index (χ4n) is 6.20. The van der Waals surface area contributed by atoms with Gasteiger partial charge >= 0.3 is 0 Å². The van der Waals surface area contributed by atoms with Crippen LogP contribution in [0.15, 0.2) is 61.6 Å². The van der Waals surface area contributed by atoms with Gasteiger partial charge in [-0.25, -0.2) is 9.97 Å². The predicted octanol–water partition coefficient (Wildman–Crippen LogP) is 4.60. The summed E-state index contributed by atoms with van der Waals surface area (Å²) in [5.41, 5.74) is 5.01. The second kappa shape index (κ2) is 12.4. The Morgan fingerprint density at radius 3 is 2.63 bits per heavy atom. The molecule has 0 radical (unpaired) electrons. The number of amides is 1. The van der Waals surface area contributed by atoms with E-state index in [4.69, 9.17) is 9.47 Å². The minimum absolute atomic E-state index is 0.276. The minimum Gasteiger partial charge on any atom is -0.494 e. The van der Waals surface area contributed by atoms with Crippen molar-refractivity contribution in [3.8, 4) is 17.0 Å². The SMILES string of the molecule is C=CC(=O)Nc1cc(Nc2cc(-c3ccc4cnn(C)c4c3)ncn2)c(OC)cc1N1CCN(C2CCC(OC)C2)CC1. The third-order valence-electron chi connectivity index (χ3n) is 8.60. The van der Waals surface area contributed by atoms with Gasteiger partial charge in [-0.15, -0.1) is 0 Å². The molecule has 2 aliphatic rings. The van der Waals surface area contributed by atoms with Gasteiger partial charge in [0.15, 0.2) is 0 Å². The molecule has 2 aromatic carbocycles. The van der Waals surface area contributed by atoms with Crippen molar-refractivity contribution in [2.75, 3.05) is 55.9 Å². The summed E-state index contributed by atoms with van der Waals surface area (Å²) in [5, 5.41) is 11.8. The molecule has 3 heterocycles. The molecule has 2 fully saturated rings. The molecule has 1 saturated carbocycles. The van der Waals surface area contributed by atoms with Crippen LogP contribution in [0.3, 0.4) is 0 Å². The van der Waals surface area contributed by atoms with Gasteiger partial charge in [-0.1, -0.05) is 18.7 Å². The number of benzene rings is 2. The molecule has 224 valence electrons. The van der Waals surface area contributed by atoms with Crippen LogP contribution in [-0.4, -0.2) is 83.1 Å². The Bertz CT molecular complexity index is 1630. The van der Waals surface area contributed by atoms with E-state index in [0.717, 1.165) is 66.9 Å². The lowest BCUT2D eigenvalue weighted by Gasteiger charge is -2.40. The smallest absolute Gasteiger partial charge is 0.247 e. The maximum atomic E-state index is 12.5. The van der Waals surface area contributed by atoms with Crippen molar-refractivity contribution in [2.24, 2.45) is 7.05 Å². The number of carbonyl (C=O) groups is 1. The number of anilines is 4. The number of nitrogens with one attached hydrogen (secondary N) is 2. The first-order valence-electron chi connectivity index (χ1n) is 14.6. The maximum absolute atomic E-state index is 12.5. The van der Waals surface area contributed by atoms with E-state index in [9.17, 15) is 4.79 Å². The number of carbonyl (C=O) groups excluding carboxylic acids is 1. The average molecular weight is 583 g/mol. The number of fused-ring (bicyclic) bond motifs is 1. The van der Waals surface area contributed by atoms with Crippen molar-refractivity contribution in [3.63, 3.8) is 0 Å². The Morgan fingerprint density at radius 2 is 1.88 bits per heavy atom. The van der Waals surface area contributed by atoms with Crippen LogP contribution in [0.5, 0.6) is 5.75 Å². The third kappa shape index (κ3) is 6.04. The van der Waals surface area contributed by atoms with E-state index in [2.05, 4.69) is 48.1 Å². The molecular formula is C32H38N8O3. The van der Waals surface area contributed by atoms with Crippen LogP contribution < -0.4 is 20.3 Å². The molecule has 6 rings (SSSR count). The topological polar surface area (TPSA) is 110 Å². The van der Waals surface area contributed by atoms with E-state index in [1.807, 2.05) is 55.4 Å². The van der Waals surface area contributed by atoms with Crippen molar-refractivity contribution >= 4 is 39.7 Å². The van der Waals surface area contributed by atoms with Gasteiger partial charge in [0.25, 0.3) is 0 Å². The second-order valence-electron chi connectivity index (χ2n) is 11.1. The van der Waals surface area contributed by atoms with Crippen LogP contribution in [0.25, 0.3) is 22.2 Å². The van der Waals surface area contributed by atoms with Crippen LogP contribution in [0.2, 0.25) is 0 Å². The lowest BCUT2D eigenvalue weighted by Crippen LogP contribution is -2.50. The molecule has 11 heteroatoms. The minimum atomic E-state index is -0.276. The number of aromatic nitrogens is 4. The molecule has 4 aromatic rings. The summed E-state index contributed by atoms with van der Waals surface area (Å²) < 4.78 is 13.3. The highest BCUT2D eigenvalue weighted by Crippen LogP contribution is 2.39. The van der Waals surface area contributed by atoms with Gasteiger partial charge in [0.05, 0.1) is 47.7 Å². The first-order valence-corrected chi connectivity index (χ1v) is 14.6. The van der Waals surface area contributed by atoms with E-state index in [1.165, 1.54) is 18.8 Å². The fourth-order valence-corrected chi connectivity index (χ4v) is 6.20. The largest absolute Gasteiger partial charge is 0.494 e. The van der Waals surface area contributed by atoms with E-state index < -0.39 is 0 Å². The van der Waals surface area contributed by atoms with Gasteiger partial charge in [0.1, 0.15) is 17.9 Å². The maximum Gasteiger partial charge on any atom is 0.247 e. The number of rotatable bonds is 9. The molecule has 1 aliphatic heterocycles. The van der Waals surface area contributed by atoms with Gasteiger partial charge < -0.3 is 25.0 Å². The molecule has 1 saturated heterocycles. The zero-order valence-corrected chi connectivity index (χ0v) is 24.9. The summed E-state index contributed by atoms with van der Waals surface area (Å²) >= 11 is 0. The molecular weight excluding hydrogens is 544 g/mol. The fraction of sp³-hybridized carbons (Fsp3) is 0.375. The van der Waals surface area contributed by atoms with E-state index in [-0.39, 0.29) is 5.91 Å². The Kier molecular flexibility index (Phi) is 8.26. The highest BCUT2D eigenvalue weighted by Gasteiger charge is 2.32. The molecule has 11 nitrogen and oxygen atoms in total. The number of methoxy groups -OCH3 is 2. The van der Waals surface area contributed by atoms with Gasteiger partial charge in [-0.2, -0.15) is 5.10 Å². The number of nitrogens with zero attached hydrogens (tertiary/aromatic N) is 6. The highest BCUT2D eigenvalue weighted by atomic mass is 16.5. The standard InChI is InChI=1S/C32H38N8O3/c1-5-32(41)37-26-16-27(36-31-17-25(33-20-34-31)21-6-7-22-19-35-38(2)28(22)14-21)30(43-4)18-29(26)40-12-10-39(11-13-40)23-8-9-24(15-23)42-3/h5-7,14,16-20,23-24H,1,8-13,15H2,2-4H3,(H,37,41)(H,33,34,36). The zero-order valence-electron chi connectivity index (χ0n) is 24.9. The summed E-state index contributed by atoms with van der Waals surface area (Å²) in [6.07, 6.45) is 8.41. The summed E-state index contributed by atoms with van der Waals surface area (Å²) in [7, 11) is 5.37. The Balaban J connectivity index is 1.25. The highest BCUT2D eigenvalue weighted by molar-refractivity contribution is 6.02. The van der Waals surface area contributed by atoms with E-state index >= 15 is 0 Å². The van der Waals surface area contributed by atoms with Crippen molar-refractivity contribution in [2.45, 2.75) is 31.4 Å². The lowest BCUT2D eigenvalue weighted by molar-refractivity contribution is -0.111.